The summed E-state index contributed by atoms with van der Waals surface area (Å²) >= 11 is 0. The van der Waals surface area contributed by atoms with Crippen molar-refractivity contribution in [1.82, 2.24) is 10.2 Å². The van der Waals surface area contributed by atoms with Gasteiger partial charge in [0.1, 0.15) is 6.04 Å². The Bertz CT molecular complexity index is 882. The standard InChI is InChI=1S/C26H38N2O4/c1-16(2)21(14-17(3)25(31)32)28(7)24(30)22(26(4,5)6)27-23(29)20-13-12-18-10-8-9-11-19(18)15-20/h8-11,14,16,20-22H,12-13,15H2,1-7H3,(H,27,29)(H,31,32)/b17-14+/t20-,21+,22+/m0/s1. The molecule has 32 heavy (non-hydrogen) atoms. The van der Waals surface area contributed by atoms with Gasteiger partial charge >= 0.3 is 5.97 Å². The molecule has 1 aromatic carbocycles. The van der Waals surface area contributed by atoms with Crippen LogP contribution in [0.3, 0.4) is 0 Å². The monoisotopic (exact) mass is 442 g/mol. The van der Waals surface area contributed by atoms with Crippen LogP contribution < -0.4 is 5.32 Å². The number of fused-ring (bicyclic) bond motifs is 1. The molecule has 0 unspecified atom stereocenters. The number of nitrogens with one attached hydrogen (secondary N) is 1. The largest absolute Gasteiger partial charge is 0.478 e. The van der Waals surface area contributed by atoms with E-state index in [1.54, 1.807) is 18.0 Å². The van der Waals surface area contributed by atoms with Crippen LogP contribution in [0.2, 0.25) is 0 Å². The Balaban J connectivity index is 2.22. The van der Waals surface area contributed by atoms with E-state index in [4.69, 9.17) is 0 Å². The molecule has 176 valence electrons. The fourth-order valence-electron chi connectivity index (χ4n) is 4.26. The number of aliphatic carboxylic acids is 1. The highest BCUT2D eigenvalue weighted by Gasteiger charge is 2.38. The van der Waals surface area contributed by atoms with Crippen LogP contribution in [0.15, 0.2) is 35.9 Å². The number of carboxylic acid groups (broad SMARTS) is 1. The van der Waals surface area contributed by atoms with E-state index in [2.05, 4.69) is 17.4 Å². The SMILES string of the molecule is C/C(=C\[C@H](C(C)C)N(C)C(=O)[C@@H](NC(=O)[C@H]1CCc2ccccc2C1)C(C)(C)C)C(=O)O. The van der Waals surface area contributed by atoms with Gasteiger partial charge in [-0.3, -0.25) is 9.59 Å². The lowest BCUT2D eigenvalue weighted by Crippen LogP contribution is -2.57. The molecule has 0 fully saturated rings. The first-order valence-corrected chi connectivity index (χ1v) is 11.4. The van der Waals surface area contributed by atoms with Gasteiger partial charge in [0.2, 0.25) is 11.8 Å². The first-order chi connectivity index (χ1) is 14.8. The van der Waals surface area contributed by atoms with Crippen LogP contribution in [-0.2, 0) is 27.2 Å². The third kappa shape index (κ3) is 6.21. The minimum absolute atomic E-state index is 0.0180. The van der Waals surface area contributed by atoms with Gasteiger partial charge in [0, 0.05) is 18.5 Å². The van der Waals surface area contributed by atoms with Gasteiger partial charge in [0.25, 0.3) is 0 Å². The Kier molecular flexibility index (Phi) is 8.27. The van der Waals surface area contributed by atoms with Crippen molar-refractivity contribution in [1.29, 1.82) is 0 Å². The predicted octanol–water partition coefficient (Wildman–Crippen LogP) is 3.84. The zero-order valence-corrected chi connectivity index (χ0v) is 20.4. The van der Waals surface area contributed by atoms with Crippen LogP contribution in [-0.4, -0.2) is 46.9 Å². The van der Waals surface area contributed by atoms with Crippen molar-refractivity contribution in [3.63, 3.8) is 0 Å². The first-order valence-electron chi connectivity index (χ1n) is 11.4. The van der Waals surface area contributed by atoms with Crippen LogP contribution in [0.1, 0.15) is 59.1 Å². The van der Waals surface area contributed by atoms with Gasteiger partial charge in [-0.1, -0.05) is 65.0 Å². The second-order valence-electron chi connectivity index (χ2n) is 10.4. The number of benzene rings is 1. The number of likely N-dealkylation sites (N-methyl/N-ethyl adjacent to an activating group) is 1. The van der Waals surface area contributed by atoms with Gasteiger partial charge in [-0.25, -0.2) is 4.79 Å². The molecule has 2 N–H and O–H groups in total. The average Bonchev–Trinajstić information content (AvgIpc) is 2.72. The average molecular weight is 443 g/mol. The van der Waals surface area contributed by atoms with Crippen molar-refractivity contribution in [2.45, 2.75) is 72.9 Å². The third-order valence-electron chi connectivity index (χ3n) is 6.35. The molecule has 0 saturated heterocycles. The van der Waals surface area contributed by atoms with E-state index in [-0.39, 0.29) is 35.3 Å². The molecule has 0 bridgehead atoms. The van der Waals surface area contributed by atoms with Crippen molar-refractivity contribution in [3.05, 3.63) is 47.0 Å². The molecular weight excluding hydrogens is 404 g/mol. The number of amides is 2. The Hall–Kier alpha value is -2.63. The fraction of sp³-hybridized carbons (Fsp3) is 0.577. The summed E-state index contributed by atoms with van der Waals surface area (Å²) in [5.41, 5.74) is 2.19. The van der Waals surface area contributed by atoms with Gasteiger partial charge in [-0.15, -0.1) is 0 Å². The molecule has 1 aromatic rings. The van der Waals surface area contributed by atoms with Crippen LogP contribution in [0, 0.1) is 17.3 Å². The smallest absolute Gasteiger partial charge is 0.331 e. The van der Waals surface area contributed by atoms with Crippen molar-refractivity contribution >= 4 is 17.8 Å². The Morgan fingerprint density at radius 3 is 2.28 bits per heavy atom. The molecule has 1 aliphatic carbocycles. The van der Waals surface area contributed by atoms with Crippen LogP contribution in [0.5, 0.6) is 0 Å². The van der Waals surface area contributed by atoms with E-state index >= 15 is 0 Å². The quantitative estimate of drug-likeness (QED) is 0.628. The summed E-state index contributed by atoms with van der Waals surface area (Å²) in [6, 6.07) is 7.10. The lowest BCUT2D eigenvalue weighted by molar-refractivity contribution is -0.141. The number of carbonyl (C=O) groups excluding carboxylic acids is 2. The minimum Gasteiger partial charge on any atom is -0.478 e. The molecule has 6 nitrogen and oxygen atoms in total. The Labute approximate surface area is 192 Å². The minimum atomic E-state index is -1.00. The van der Waals surface area contributed by atoms with E-state index in [1.807, 2.05) is 46.8 Å². The summed E-state index contributed by atoms with van der Waals surface area (Å²) in [5.74, 6) is -1.46. The van der Waals surface area contributed by atoms with Crippen molar-refractivity contribution in [2.24, 2.45) is 17.3 Å². The molecule has 0 aromatic heterocycles. The summed E-state index contributed by atoms with van der Waals surface area (Å²) < 4.78 is 0. The van der Waals surface area contributed by atoms with Crippen molar-refractivity contribution < 1.29 is 19.5 Å². The zero-order chi connectivity index (χ0) is 24.2. The summed E-state index contributed by atoms with van der Waals surface area (Å²) in [6.45, 7) is 11.2. The fourth-order valence-corrected chi connectivity index (χ4v) is 4.26. The number of carbonyl (C=O) groups is 3. The number of hydrogen-bond acceptors (Lipinski definition) is 3. The maximum Gasteiger partial charge on any atom is 0.331 e. The highest BCUT2D eigenvalue weighted by atomic mass is 16.4. The molecule has 3 atom stereocenters. The highest BCUT2D eigenvalue weighted by Crippen LogP contribution is 2.28. The lowest BCUT2D eigenvalue weighted by atomic mass is 9.81. The van der Waals surface area contributed by atoms with Crippen molar-refractivity contribution in [2.75, 3.05) is 7.05 Å². The first kappa shape index (κ1) is 25.6. The highest BCUT2D eigenvalue weighted by molar-refractivity contribution is 5.90. The molecule has 1 aliphatic rings. The lowest BCUT2D eigenvalue weighted by Gasteiger charge is -2.38. The Morgan fingerprint density at radius 2 is 1.75 bits per heavy atom. The topological polar surface area (TPSA) is 86.7 Å². The van der Waals surface area contributed by atoms with Gasteiger partial charge in [0.15, 0.2) is 0 Å². The molecule has 6 heteroatoms. The number of aryl methyl sites for hydroxylation is 1. The molecule has 0 radical (unpaired) electrons. The zero-order valence-electron chi connectivity index (χ0n) is 20.4. The molecular formula is C26H38N2O4. The third-order valence-corrected chi connectivity index (χ3v) is 6.35. The maximum absolute atomic E-state index is 13.5. The second kappa shape index (κ2) is 10.3. The normalized spacial score (nSPS) is 18.5. The van der Waals surface area contributed by atoms with E-state index in [0.717, 1.165) is 12.8 Å². The second-order valence-corrected chi connectivity index (χ2v) is 10.4. The number of hydrogen-bond donors (Lipinski definition) is 2. The van der Waals surface area contributed by atoms with Gasteiger partial charge in [-0.2, -0.15) is 0 Å². The van der Waals surface area contributed by atoms with E-state index in [1.165, 1.54) is 18.1 Å². The van der Waals surface area contributed by atoms with E-state index < -0.39 is 17.4 Å². The molecule has 2 rings (SSSR count). The van der Waals surface area contributed by atoms with Crippen molar-refractivity contribution in [3.8, 4) is 0 Å². The Morgan fingerprint density at radius 1 is 1.16 bits per heavy atom. The summed E-state index contributed by atoms with van der Waals surface area (Å²) in [4.78, 5) is 39.6. The van der Waals surface area contributed by atoms with E-state index in [9.17, 15) is 19.5 Å². The van der Waals surface area contributed by atoms with Crippen LogP contribution in [0.25, 0.3) is 0 Å². The summed E-state index contributed by atoms with van der Waals surface area (Å²) in [5, 5.41) is 12.3. The van der Waals surface area contributed by atoms with Gasteiger partial charge < -0.3 is 15.3 Å². The summed E-state index contributed by atoms with van der Waals surface area (Å²) in [7, 11) is 1.68. The molecule has 0 saturated carbocycles. The van der Waals surface area contributed by atoms with Gasteiger partial charge in [-0.05, 0) is 48.6 Å². The summed E-state index contributed by atoms with van der Waals surface area (Å²) in [6.07, 6.45) is 3.92. The van der Waals surface area contributed by atoms with Gasteiger partial charge in [0.05, 0.1) is 6.04 Å². The predicted molar refractivity (Wildman–Crippen MR) is 126 cm³/mol. The van der Waals surface area contributed by atoms with Crippen LogP contribution >= 0.6 is 0 Å². The van der Waals surface area contributed by atoms with E-state index in [0.29, 0.717) is 6.42 Å². The number of rotatable bonds is 7. The number of nitrogens with zero attached hydrogens (tertiary/aromatic N) is 1. The number of carboxylic acids is 1. The van der Waals surface area contributed by atoms with Crippen LogP contribution in [0.4, 0.5) is 0 Å². The molecule has 0 heterocycles. The maximum atomic E-state index is 13.5. The molecule has 0 spiro atoms. The molecule has 2 amide bonds. The molecule has 0 aliphatic heterocycles.